The Bertz CT molecular complexity index is 424. The van der Waals surface area contributed by atoms with Gasteiger partial charge in [0.1, 0.15) is 0 Å². The van der Waals surface area contributed by atoms with Crippen molar-refractivity contribution in [3.8, 4) is 0 Å². The summed E-state index contributed by atoms with van der Waals surface area (Å²) in [4.78, 5) is 14.3. The lowest BCUT2D eigenvalue weighted by molar-refractivity contribution is 0.0726. The number of nitrogens with zero attached hydrogens (tertiary/aromatic N) is 1. The van der Waals surface area contributed by atoms with Crippen molar-refractivity contribution in [1.82, 2.24) is 10.2 Å². The van der Waals surface area contributed by atoms with Crippen LogP contribution in [0.2, 0.25) is 0 Å². The number of carbonyl (C=O) groups is 1. The molecule has 2 aliphatic heterocycles. The fraction of sp³-hybridized carbons (Fsp3) is 0.500. The molecule has 17 heavy (non-hydrogen) atoms. The summed E-state index contributed by atoms with van der Waals surface area (Å²) in [5.41, 5.74) is 2.10. The maximum atomic E-state index is 12.3. The lowest BCUT2D eigenvalue weighted by Gasteiger charge is -2.30. The van der Waals surface area contributed by atoms with Crippen molar-refractivity contribution >= 4 is 5.91 Å². The molecule has 0 unspecified atom stereocenters. The number of carbonyl (C=O) groups excluding carboxylic acids is 1. The average Bonchev–Trinajstić information content (AvgIpc) is 2.86. The summed E-state index contributed by atoms with van der Waals surface area (Å²) < 4.78 is 0. The molecule has 1 amide bonds. The zero-order valence-corrected chi connectivity index (χ0v) is 9.98. The SMILES string of the molecule is O=C1c2ccccc2CCN1C[C@@H]1CCCN1. The molecule has 3 nitrogen and oxygen atoms in total. The van der Waals surface area contributed by atoms with E-state index in [1.165, 1.54) is 18.4 Å². The van der Waals surface area contributed by atoms with Gasteiger partial charge in [0.2, 0.25) is 0 Å². The molecule has 1 N–H and O–H groups in total. The Morgan fingerprint density at radius 3 is 3.06 bits per heavy atom. The Labute approximate surface area is 102 Å². The molecule has 90 valence electrons. The van der Waals surface area contributed by atoms with Gasteiger partial charge in [-0.15, -0.1) is 0 Å². The largest absolute Gasteiger partial charge is 0.337 e. The zero-order valence-electron chi connectivity index (χ0n) is 9.98. The van der Waals surface area contributed by atoms with E-state index in [1.54, 1.807) is 0 Å². The summed E-state index contributed by atoms with van der Waals surface area (Å²) in [7, 11) is 0. The lowest BCUT2D eigenvalue weighted by atomic mass is 9.98. The minimum Gasteiger partial charge on any atom is -0.337 e. The van der Waals surface area contributed by atoms with E-state index in [-0.39, 0.29) is 5.91 Å². The van der Waals surface area contributed by atoms with Gasteiger partial charge in [-0.25, -0.2) is 0 Å². The highest BCUT2D eigenvalue weighted by atomic mass is 16.2. The van der Waals surface area contributed by atoms with Gasteiger partial charge in [0.05, 0.1) is 0 Å². The van der Waals surface area contributed by atoms with Gasteiger partial charge in [-0.3, -0.25) is 4.79 Å². The van der Waals surface area contributed by atoms with Gasteiger partial charge in [-0.2, -0.15) is 0 Å². The fourth-order valence-electron chi connectivity index (χ4n) is 2.83. The minimum absolute atomic E-state index is 0.209. The molecule has 0 spiro atoms. The van der Waals surface area contributed by atoms with E-state index in [1.807, 2.05) is 23.1 Å². The summed E-state index contributed by atoms with van der Waals surface area (Å²) in [6.45, 7) is 2.84. The van der Waals surface area contributed by atoms with Crippen molar-refractivity contribution < 1.29 is 4.79 Å². The Morgan fingerprint density at radius 1 is 1.35 bits per heavy atom. The number of fused-ring (bicyclic) bond motifs is 1. The lowest BCUT2D eigenvalue weighted by Crippen LogP contribution is -2.44. The number of hydrogen-bond acceptors (Lipinski definition) is 2. The summed E-state index contributed by atoms with van der Waals surface area (Å²) in [5, 5.41) is 3.45. The molecule has 0 aliphatic carbocycles. The van der Waals surface area contributed by atoms with E-state index in [0.717, 1.165) is 31.6 Å². The highest BCUT2D eigenvalue weighted by Crippen LogP contribution is 2.19. The molecule has 3 rings (SSSR count). The van der Waals surface area contributed by atoms with Gasteiger partial charge in [0.15, 0.2) is 0 Å². The predicted molar refractivity (Wildman–Crippen MR) is 67.1 cm³/mol. The Hall–Kier alpha value is -1.35. The second kappa shape index (κ2) is 4.49. The summed E-state index contributed by atoms with van der Waals surface area (Å²) in [6, 6.07) is 8.49. The highest BCUT2D eigenvalue weighted by Gasteiger charge is 2.26. The van der Waals surface area contributed by atoms with Gasteiger partial charge in [-0.1, -0.05) is 18.2 Å². The van der Waals surface area contributed by atoms with Crippen molar-refractivity contribution in [3.05, 3.63) is 35.4 Å². The van der Waals surface area contributed by atoms with Crippen LogP contribution in [0, 0.1) is 0 Å². The van der Waals surface area contributed by atoms with Gasteiger partial charge in [0.25, 0.3) is 5.91 Å². The number of nitrogens with one attached hydrogen (secondary N) is 1. The van der Waals surface area contributed by atoms with Crippen molar-refractivity contribution in [1.29, 1.82) is 0 Å². The molecule has 0 aromatic heterocycles. The minimum atomic E-state index is 0.209. The molecule has 3 heteroatoms. The number of benzene rings is 1. The molecule has 2 aliphatic rings. The third kappa shape index (κ3) is 2.07. The fourth-order valence-corrected chi connectivity index (χ4v) is 2.83. The predicted octanol–water partition coefficient (Wildman–Crippen LogP) is 1.44. The van der Waals surface area contributed by atoms with E-state index in [9.17, 15) is 4.79 Å². The molecular formula is C14H18N2O. The van der Waals surface area contributed by atoms with E-state index in [0.29, 0.717) is 6.04 Å². The molecule has 1 fully saturated rings. The molecule has 0 saturated carbocycles. The van der Waals surface area contributed by atoms with E-state index < -0.39 is 0 Å². The van der Waals surface area contributed by atoms with Crippen LogP contribution in [0.3, 0.4) is 0 Å². The molecule has 1 aromatic rings. The second-order valence-electron chi connectivity index (χ2n) is 4.95. The second-order valence-corrected chi connectivity index (χ2v) is 4.95. The first-order valence-electron chi connectivity index (χ1n) is 6.45. The standard InChI is InChI=1S/C14H18N2O/c17-14-13-6-2-1-4-11(13)7-9-16(14)10-12-5-3-8-15-12/h1-2,4,6,12,15H,3,5,7-10H2/t12-/m0/s1. The van der Waals surface area contributed by atoms with E-state index >= 15 is 0 Å². The first-order valence-corrected chi connectivity index (χ1v) is 6.45. The summed E-state index contributed by atoms with van der Waals surface area (Å²) in [6.07, 6.45) is 3.43. The van der Waals surface area contributed by atoms with Crippen LogP contribution in [0.4, 0.5) is 0 Å². The van der Waals surface area contributed by atoms with Crippen LogP contribution in [0.25, 0.3) is 0 Å². The number of amides is 1. The summed E-state index contributed by atoms with van der Waals surface area (Å²) >= 11 is 0. The maximum absolute atomic E-state index is 12.3. The average molecular weight is 230 g/mol. The van der Waals surface area contributed by atoms with Crippen LogP contribution >= 0.6 is 0 Å². The molecule has 0 bridgehead atoms. The third-order valence-corrected chi connectivity index (χ3v) is 3.79. The molecule has 0 radical (unpaired) electrons. The zero-order chi connectivity index (χ0) is 11.7. The number of rotatable bonds is 2. The van der Waals surface area contributed by atoms with Crippen LogP contribution in [0.1, 0.15) is 28.8 Å². The molecular weight excluding hydrogens is 212 g/mol. The van der Waals surface area contributed by atoms with Crippen LogP contribution in [-0.2, 0) is 6.42 Å². The van der Waals surface area contributed by atoms with Crippen molar-refractivity contribution in [2.24, 2.45) is 0 Å². The van der Waals surface area contributed by atoms with Gasteiger partial charge in [0, 0.05) is 24.7 Å². The third-order valence-electron chi connectivity index (χ3n) is 3.79. The molecule has 1 aromatic carbocycles. The quantitative estimate of drug-likeness (QED) is 0.833. The van der Waals surface area contributed by atoms with Gasteiger partial charge >= 0.3 is 0 Å². The topological polar surface area (TPSA) is 32.3 Å². The van der Waals surface area contributed by atoms with E-state index in [2.05, 4.69) is 11.4 Å². The maximum Gasteiger partial charge on any atom is 0.254 e. The first kappa shape index (κ1) is 10.8. The van der Waals surface area contributed by atoms with Gasteiger partial charge in [-0.05, 0) is 37.4 Å². The molecule has 1 saturated heterocycles. The van der Waals surface area contributed by atoms with Crippen molar-refractivity contribution in [3.63, 3.8) is 0 Å². The Balaban J connectivity index is 1.74. The molecule has 2 heterocycles. The van der Waals surface area contributed by atoms with Crippen LogP contribution in [0.5, 0.6) is 0 Å². The van der Waals surface area contributed by atoms with Crippen LogP contribution < -0.4 is 5.32 Å². The smallest absolute Gasteiger partial charge is 0.254 e. The first-order chi connectivity index (χ1) is 8.34. The summed E-state index contributed by atoms with van der Waals surface area (Å²) in [5.74, 6) is 0.209. The van der Waals surface area contributed by atoms with E-state index in [4.69, 9.17) is 0 Å². The van der Waals surface area contributed by atoms with Crippen LogP contribution in [0.15, 0.2) is 24.3 Å². The Kier molecular flexibility index (Phi) is 2.85. The van der Waals surface area contributed by atoms with Crippen LogP contribution in [-0.4, -0.2) is 36.5 Å². The Morgan fingerprint density at radius 2 is 2.24 bits per heavy atom. The normalized spacial score (nSPS) is 23.9. The monoisotopic (exact) mass is 230 g/mol. The van der Waals surface area contributed by atoms with Crippen molar-refractivity contribution in [2.75, 3.05) is 19.6 Å². The number of hydrogen-bond donors (Lipinski definition) is 1. The van der Waals surface area contributed by atoms with Crippen molar-refractivity contribution in [2.45, 2.75) is 25.3 Å². The molecule has 1 atom stereocenters. The highest BCUT2D eigenvalue weighted by molar-refractivity contribution is 5.96. The van der Waals surface area contributed by atoms with Gasteiger partial charge < -0.3 is 10.2 Å².